The second-order valence-electron chi connectivity index (χ2n) is 7.13. The van der Waals surface area contributed by atoms with Crippen LogP contribution in [0.3, 0.4) is 0 Å². The van der Waals surface area contributed by atoms with Crippen LogP contribution in [0.5, 0.6) is 0 Å². The molecule has 0 unspecified atom stereocenters. The third-order valence-electron chi connectivity index (χ3n) is 5.03. The number of hydrogen-bond acceptors (Lipinski definition) is 6. The zero-order chi connectivity index (χ0) is 16.8. The fraction of sp³-hybridized carbons (Fsp3) is 0.444. The molecule has 25 heavy (non-hydrogen) atoms. The van der Waals surface area contributed by atoms with Gasteiger partial charge in [0.25, 0.3) is 0 Å². The number of hydrogen-bond donors (Lipinski definition) is 1. The lowest BCUT2D eigenvalue weighted by molar-refractivity contribution is 0.425. The Hall–Kier alpha value is -2.70. The van der Waals surface area contributed by atoms with Crippen LogP contribution in [0.1, 0.15) is 30.1 Å². The minimum absolute atomic E-state index is 0.594. The van der Waals surface area contributed by atoms with Crippen molar-refractivity contribution in [2.45, 2.75) is 25.7 Å². The van der Waals surface area contributed by atoms with Gasteiger partial charge in [0.05, 0.1) is 11.4 Å². The van der Waals surface area contributed by atoms with Crippen molar-refractivity contribution in [1.82, 2.24) is 24.8 Å². The van der Waals surface area contributed by atoms with Gasteiger partial charge in [-0.05, 0) is 38.0 Å². The van der Waals surface area contributed by atoms with Gasteiger partial charge in [0.1, 0.15) is 5.52 Å². The van der Waals surface area contributed by atoms with Crippen molar-refractivity contribution < 1.29 is 0 Å². The Morgan fingerprint density at radius 2 is 2.08 bits per heavy atom. The lowest BCUT2D eigenvalue weighted by Crippen LogP contribution is -2.50. The van der Waals surface area contributed by atoms with Crippen LogP contribution in [0.4, 0.5) is 11.6 Å². The van der Waals surface area contributed by atoms with E-state index < -0.39 is 0 Å². The molecular weight excluding hydrogens is 314 g/mol. The molecule has 4 heterocycles. The highest BCUT2D eigenvalue weighted by molar-refractivity contribution is 5.68. The SMILES string of the molecule is Cc1ccc(N2CC(CNc3nccn4nc(C5CC5)cc34)C2)nn1. The smallest absolute Gasteiger partial charge is 0.152 e. The number of rotatable bonds is 5. The average Bonchev–Trinajstić information content (AvgIpc) is 3.34. The summed E-state index contributed by atoms with van der Waals surface area (Å²) in [5.41, 5.74) is 3.22. The van der Waals surface area contributed by atoms with Gasteiger partial charge < -0.3 is 10.2 Å². The maximum absolute atomic E-state index is 4.67. The van der Waals surface area contributed by atoms with Crippen molar-refractivity contribution in [3.8, 4) is 0 Å². The average molecular weight is 335 g/mol. The normalized spacial score (nSPS) is 17.7. The van der Waals surface area contributed by atoms with Crippen molar-refractivity contribution >= 4 is 17.2 Å². The summed E-state index contributed by atoms with van der Waals surface area (Å²) >= 11 is 0. The lowest BCUT2D eigenvalue weighted by atomic mass is 10.0. The third kappa shape index (κ3) is 2.79. The molecule has 0 radical (unpaired) electrons. The van der Waals surface area contributed by atoms with Crippen LogP contribution in [0, 0.1) is 12.8 Å². The first-order valence-electron chi connectivity index (χ1n) is 8.90. The Bertz CT molecular complexity index is 891. The molecule has 1 aliphatic heterocycles. The first-order valence-corrected chi connectivity index (χ1v) is 8.90. The predicted octanol–water partition coefficient (Wildman–Crippen LogP) is 2.25. The number of nitrogens with zero attached hydrogens (tertiary/aromatic N) is 6. The van der Waals surface area contributed by atoms with Gasteiger partial charge in [-0.1, -0.05) is 0 Å². The lowest BCUT2D eigenvalue weighted by Gasteiger charge is -2.40. The third-order valence-corrected chi connectivity index (χ3v) is 5.03. The van der Waals surface area contributed by atoms with E-state index >= 15 is 0 Å². The molecule has 2 aliphatic rings. The summed E-state index contributed by atoms with van der Waals surface area (Å²) in [7, 11) is 0. The van der Waals surface area contributed by atoms with E-state index in [1.807, 2.05) is 36.0 Å². The molecule has 2 fully saturated rings. The Kier molecular flexibility index (Phi) is 3.33. The van der Waals surface area contributed by atoms with Crippen LogP contribution in [0.2, 0.25) is 0 Å². The summed E-state index contributed by atoms with van der Waals surface area (Å²) in [6.07, 6.45) is 6.27. The first-order chi connectivity index (χ1) is 12.3. The maximum atomic E-state index is 4.67. The fourth-order valence-electron chi connectivity index (χ4n) is 3.34. The highest BCUT2D eigenvalue weighted by Crippen LogP contribution is 2.39. The van der Waals surface area contributed by atoms with E-state index in [1.54, 1.807) is 0 Å². The van der Waals surface area contributed by atoms with Gasteiger partial charge in [-0.2, -0.15) is 10.2 Å². The Morgan fingerprint density at radius 1 is 1.20 bits per heavy atom. The molecule has 0 bridgehead atoms. The van der Waals surface area contributed by atoms with Gasteiger partial charge in [-0.15, -0.1) is 5.10 Å². The van der Waals surface area contributed by atoms with Gasteiger partial charge in [0, 0.05) is 43.9 Å². The Labute approximate surface area is 146 Å². The molecule has 7 heteroatoms. The molecule has 1 saturated heterocycles. The molecule has 128 valence electrons. The van der Waals surface area contributed by atoms with E-state index in [-0.39, 0.29) is 0 Å². The predicted molar refractivity (Wildman–Crippen MR) is 95.9 cm³/mol. The van der Waals surface area contributed by atoms with Crippen molar-refractivity contribution in [3.63, 3.8) is 0 Å². The zero-order valence-electron chi connectivity index (χ0n) is 14.3. The van der Waals surface area contributed by atoms with Crippen LogP contribution in [0.15, 0.2) is 30.6 Å². The van der Waals surface area contributed by atoms with Gasteiger partial charge in [-0.25, -0.2) is 9.50 Å². The molecule has 1 saturated carbocycles. The molecule has 7 nitrogen and oxygen atoms in total. The van der Waals surface area contributed by atoms with Crippen molar-refractivity contribution in [3.05, 3.63) is 42.0 Å². The number of fused-ring (bicyclic) bond motifs is 1. The fourth-order valence-corrected chi connectivity index (χ4v) is 3.34. The monoisotopic (exact) mass is 335 g/mol. The van der Waals surface area contributed by atoms with Gasteiger partial charge >= 0.3 is 0 Å². The summed E-state index contributed by atoms with van der Waals surface area (Å²) in [6.45, 7) is 4.87. The number of aryl methyl sites for hydroxylation is 1. The largest absolute Gasteiger partial charge is 0.368 e. The zero-order valence-corrected chi connectivity index (χ0v) is 14.3. The molecule has 3 aromatic heterocycles. The summed E-state index contributed by atoms with van der Waals surface area (Å²) < 4.78 is 1.94. The van der Waals surface area contributed by atoms with E-state index in [0.717, 1.165) is 42.5 Å². The molecule has 0 amide bonds. The standard InChI is InChI=1S/C18H21N7/c1-12-2-5-17(22-21-12)24-10-13(11-24)9-20-18-16-8-15(14-3-4-14)23-25(16)7-6-19-18/h2,5-8,13-14H,3-4,9-11H2,1H3,(H,19,20). The van der Waals surface area contributed by atoms with Crippen molar-refractivity contribution in [2.24, 2.45) is 5.92 Å². The van der Waals surface area contributed by atoms with Crippen LogP contribution < -0.4 is 10.2 Å². The molecule has 0 spiro atoms. The van der Waals surface area contributed by atoms with Crippen LogP contribution in [0.25, 0.3) is 5.52 Å². The molecule has 1 aliphatic carbocycles. The van der Waals surface area contributed by atoms with Crippen LogP contribution >= 0.6 is 0 Å². The van der Waals surface area contributed by atoms with E-state index in [2.05, 4.69) is 36.6 Å². The van der Waals surface area contributed by atoms with Gasteiger partial charge in [0.2, 0.25) is 0 Å². The molecule has 1 N–H and O–H groups in total. The first kappa shape index (κ1) is 14.6. The van der Waals surface area contributed by atoms with Crippen molar-refractivity contribution in [1.29, 1.82) is 0 Å². The van der Waals surface area contributed by atoms with Crippen LogP contribution in [-0.2, 0) is 0 Å². The quantitative estimate of drug-likeness (QED) is 0.771. The highest BCUT2D eigenvalue weighted by atomic mass is 15.3. The van der Waals surface area contributed by atoms with E-state index in [1.165, 1.54) is 18.5 Å². The molecule has 3 aromatic rings. The summed E-state index contributed by atoms with van der Waals surface area (Å²) in [5.74, 6) is 3.14. The van der Waals surface area contributed by atoms with E-state index in [0.29, 0.717) is 11.8 Å². The molecule has 0 atom stereocenters. The molecular formula is C18H21N7. The van der Waals surface area contributed by atoms with E-state index in [9.17, 15) is 0 Å². The Balaban J connectivity index is 1.22. The van der Waals surface area contributed by atoms with Crippen molar-refractivity contribution in [2.75, 3.05) is 29.9 Å². The summed E-state index contributed by atoms with van der Waals surface area (Å²) in [5, 5.41) is 16.6. The number of anilines is 2. The van der Waals surface area contributed by atoms with Gasteiger partial charge in [0.15, 0.2) is 11.6 Å². The second kappa shape index (κ2) is 5.68. The highest BCUT2D eigenvalue weighted by Gasteiger charge is 2.29. The number of aromatic nitrogens is 5. The molecule has 5 rings (SSSR count). The maximum Gasteiger partial charge on any atom is 0.152 e. The van der Waals surface area contributed by atoms with Crippen LogP contribution in [-0.4, -0.2) is 44.4 Å². The number of nitrogens with one attached hydrogen (secondary N) is 1. The minimum Gasteiger partial charge on any atom is -0.368 e. The van der Waals surface area contributed by atoms with Gasteiger partial charge in [-0.3, -0.25) is 0 Å². The minimum atomic E-state index is 0.594. The summed E-state index contributed by atoms with van der Waals surface area (Å²) in [4.78, 5) is 6.77. The summed E-state index contributed by atoms with van der Waals surface area (Å²) in [6, 6.07) is 6.23. The Morgan fingerprint density at radius 3 is 2.84 bits per heavy atom. The topological polar surface area (TPSA) is 71.2 Å². The second-order valence-corrected chi connectivity index (χ2v) is 7.13. The molecule has 0 aromatic carbocycles. The van der Waals surface area contributed by atoms with E-state index in [4.69, 9.17) is 0 Å².